The molecule has 0 unspecified atom stereocenters. The van der Waals surface area contributed by atoms with Crippen molar-refractivity contribution in [2.45, 2.75) is 20.3 Å². The van der Waals surface area contributed by atoms with Gasteiger partial charge in [0.1, 0.15) is 0 Å². The number of carbonyl (C=O) groups is 2. The van der Waals surface area contributed by atoms with Crippen LogP contribution in [0.25, 0.3) is 0 Å². The second kappa shape index (κ2) is 10.1. The molecule has 148 valence electrons. The summed E-state index contributed by atoms with van der Waals surface area (Å²) in [6.07, 6.45) is 0.662. The van der Waals surface area contributed by atoms with Gasteiger partial charge in [0.2, 0.25) is 5.91 Å². The van der Waals surface area contributed by atoms with E-state index in [1.54, 1.807) is 12.1 Å². The van der Waals surface area contributed by atoms with Gasteiger partial charge in [-0.3, -0.25) is 19.7 Å². The summed E-state index contributed by atoms with van der Waals surface area (Å²) >= 11 is 0. The zero-order valence-corrected chi connectivity index (χ0v) is 15.9. The van der Waals surface area contributed by atoms with Crippen LogP contribution in [0.5, 0.6) is 5.75 Å². The molecule has 8 heteroatoms. The third-order valence-corrected chi connectivity index (χ3v) is 4.01. The summed E-state index contributed by atoms with van der Waals surface area (Å²) in [6.45, 7) is 3.64. The van der Waals surface area contributed by atoms with Gasteiger partial charge >= 0.3 is 5.69 Å². The highest BCUT2D eigenvalue weighted by molar-refractivity contribution is 5.95. The topological polar surface area (TPSA) is 102 Å². The van der Waals surface area contributed by atoms with Crippen molar-refractivity contribution in [2.75, 3.05) is 25.0 Å². The number of nitrogens with zero attached hydrogens (tertiary/aromatic N) is 2. The van der Waals surface area contributed by atoms with Crippen LogP contribution in [0.4, 0.5) is 11.4 Å². The molecule has 0 spiro atoms. The van der Waals surface area contributed by atoms with Crippen LogP contribution in [0.15, 0.2) is 48.5 Å². The molecule has 0 heterocycles. The second-order valence-corrected chi connectivity index (χ2v) is 6.19. The maximum Gasteiger partial charge on any atom is 0.310 e. The van der Waals surface area contributed by atoms with E-state index in [4.69, 9.17) is 4.74 Å². The molecule has 2 aromatic carbocycles. The fourth-order valence-corrected chi connectivity index (χ4v) is 2.60. The number of carbonyl (C=O) groups excluding carboxylic acids is 2. The largest absolute Gasteiger partial charge is 0.477 e. The van der Waals surface area contributed by atoms with E-state index < -0.39 is 10.8 Å². The smallest absolute Gasteiger partial charge is 0.310 e. The van der Waals surface area contributed by atoms with Gasteiger partial charge < -0.3 is 15.0 Å². The summed E-state index contributed by atoms with van der Waals surface area (Å²) in [6, 6.07) is 13.2. The molecule has 0 fully saturated rings. The van der Waals surface area contributed by atoms with Crippen molar-refractivity contribution in [1.82, 2.24) is 4.90 Å². The number of aryl methyl sites for hydroxylation is 1. The van der Waals surface area contributed by atoms with Gasteiger partial charge in [0.05, 0.1) is 11.5 Å². The van der Waals surface area contributed by atoms with Crippen molar-refractivity contribution in [3.05, 3.63) is 64.2 Å². The Morgan fingerprint density at radius 2 is 1.82 bits per heavy atom. The highest BCUT2D eigenvalue weighted by Crippen LogP contribution is 2.25. The fraction of sp³-hybridized carbons (Fsp3) is 0.300. The summed E-state index contributed by atoms with van der Waals surface area (Å²) in [4.78, 5) is 36.7. The molecule has 2 rings (SSSR count). The molecule has 2 amide bonds. The minimum absolute atomic E-state index is 0.0154. The number of anilines is 1. The Hall–Kier alpha value is -3.42. The van der Waals surface area contributed by atoms with E-state index in [-0.39, 0.29) is 30.5 Å². The van der Waals surface area contributed by atoms with Crippen LogP contribution < -0.4 is 10.1 Å². The molecule has 0 aliphatic rings. The quantitative estimate of drug-likeness (QED) is 0.528. The zero-order chi connectivity index (χ0) is 20.5. The molecule has 0 atom stereocenters. The van der Waals surface area contributed by atoms with Gasteiger partial charge in [0, 0.05) is 18.3 Å². The third kappa shape index (κ3) is 5.80. The lowest BCUT2D eigenvalue weighted by atomic mass is 10.2. The minimum Gasteiger partial charge on any atom is -0.477 e. The Labute approximate surface area is 163 Å². The number of hydrogen-bond acceptors (Lipinski definition) is 5. The molecular formula is C20H23N3O5. The lowest BCUT2D eigenvalue weighted by Crippen LogP contribution is -2.41. The molecule has 0 saturated carbocycles. The van der Waals surface area contributed by atoms with Gasteiger partial charge in [-0.25, -0.2) is 0 Å². The van der Waals surface area contributed by atoms with E-state index >= 15 is 0 Å². The van der Waals surface area contributed by atoms with E-state index in [9.17, 15) is 19.7 Å². The van der Waals surface area contributed by atoms with Crippen molar-refractivity contribution < 1.29 is 19.2 Å². The summed E-state index contributed by atoms with van der Waals surface area (Å²) in [5, 5.41) is 13.8. The van der Waals surface area contributed by atoms with Crippen LogP contribution in [0.2, 0.25) is 0 Å². The SMILES string of the molecule is CCCN(CC(=O)Nc1ccccc1C)C(=O)COc1ccccc1[N+](=O)[O-]. The first kappa shape index (κ1) is 20.9. The van der Waals surface area contributed by atoms with Crippen molar-refractivity contribution in [3.63, 3.8) is 0 Å². The number of ether oxygens (including phenoxy) is 1. The van der Waals surface area contributed by atoms with Gasteiger partial charge in [0.15, 0.2) is 12.4 Å². The molecule has 8 nitrogen and oxygen atoms in total. The maximum absolute atomic E-state index is 12.5. The molecule has 2 aromatic rings. The number of nitro benzene ring substituents is 1. The Kier molecular flexibility index (Phi) is 7.50. The standard InChI is InChI=1S/C20H23N3O5/c1-3-12-22(13-19(24)21-16-9-5-4-8-15(16)2)20(25)14-28-18-11-7-6-10-17(18)23(26)27/h4-11H,3,12-14H2,1-2H3,(H,21,24). The van der Waals surface area contributed by atoms with Crippen LogP contribution in [0.1, 0.15) is 18.9 Å². The predicted octanol–water partition coefficient (Wildman–Crippen LogP) is 3.16. The summed E-state index contributed by atoms with van der Waals surface area (Å²) in [7, 11) is 0. The Bertz CT molecular complexity index is 853. The summed E-state index contributed by atoms with van der Waals surface area (Å²) in [5.41, 5.74) is 1.39. The van der Waals surface area contributed by atoms with Crippen molar-refractivity contribution in [3.8, 4) is 5.75 Å². The van der Waals surface area contributed by atoms with Crippen LogP contribution in [-0.2, 0) is 9.59 Å². The highest BCUT2D eigenvalue weighted by Gasteiger charge is 2.20. The van der Waals surface area contributed by atoms with Gasteiger partial charge in [0.25, 0.3) is 5.91 Å². The number of amides is 2. The van der Waals surface area contributed by atoms with Crippen LogP contribution in [0.3, 0.4) is 0 Å². The summed E-state index contributed by atoms with van der Waals surface area (Å²) < 4.78 is 5.34. The van der Waals surface area contributed by atoms with Crippen molar-refractivity contribution in [1.29, 1.82) is 0 Å². The molecule has 0 aliphatic carbocycles. The van der Waals surface area contributed by atoms with Crippen LogP contribution in [-0.4, -0.2) is 41.3 Å². The number of nitro groups is 1. The molecule has 0 aliphatic heterocycles. The van der Waals surface area contributed by atoms with Crippen molar-refractivity contribution >= 4 is 23.2 Å². The number of para-hydroxylation sites is 3. The number of benzene rings is 2. The number of rotatable bonds is 9. The monoisotopic (exact) mass is 385 g/mol. The fourth-order valence-electron chi connectivity index (χ4n) is 2.60. The average molecular weight is 385 g/mol. The molecule has 0 radical (unpaired) electrons. The van der Waals surface area contributed by atoms with Crippen LogP contribution in [0, 0.1) is 17.0 Å². The number of nitrogens with one attached hydrogen (secondary N) is 1. The lowest BCUT2D eigenvalue weighted by Gasteiger charge is -2.22. The maximum atomic E-state index is 12.5. The number of hydrogen-bond donors (Lipinski definition) is 1. The second-order valence-electron chi connectivity index (χ2n) is 6.19. The van der Waals surface area contributed by atoms with Gasteiger partial charge in [-0.2, -0.15) is 0 Å². The molecule has 1 N–H and O–H groups in total. The van der Waals surface area contributed by atoms with Crippen molar-refractivity contribution in [2.24, 2.45) is 0 Å². The van der Waals surface area contributed by atoms with Crippen LogP contribution >= 0.6 is 0 Å². The Morgan fingerprint density at radius 1 is 1.14 bits per heavy atom. The van der Waals surface area contributed by atoms with E-state index in [1.807, 2.05) is 32.0 Å². The zero-order valence-electron chi connectivity index (χ0n) is 15.9. The van der Waals surface area contributed by atoms with E-state index in [2.05, 4.69) is 5.32 Å². The molecule has 0 aromatic heterocycles. The lowest BCUT2D eigenvalue weighted by molar-refractivity contribution is -0.385. The normalized spacial score (nSPS) is 10.2. The Balaban J connectivity index is 1.99. The molecule has 28 heavy (non-hydrogen) atoms. The third-order valence-electron chi connectivity index (χ3n) is 4.01. The Morgan fingerprint density at radius 3 is 2.50 bits per heavy atom. The van der Waals surface area contributed by atoms with Gasteiger partial charge in [-0.1, -0.05) is 37.3 Å². The first-order valence-electron chi connectivity index (χ1n) is 8.91. The summed E-state index contributed by atoms with van der Waals surface area (Å²) in [5.74, 6) is -0.719. The molecular weight excluding hydrogens is 362 g/mol. The first-order valence-corrected chi connectivity index (χ1v) is 8.91. The average Bonchev–Trinajstić information content (AvgIpc) is 2.67. The van der Waals surface area contributed by atoms with E-state index in [1.165, 1.54) is 23.1 Å². The molecule has 0 saturated heterocycles. The highest BCUT2D eigenvalue weighted by atomic mass is 16.6. The van der Waals surface area contributed by atoms with E-state index in [0.717, 1.165) is 5.56 Å². The first-order chi connectivity index (χ1) is 13.4. The van der Waals surface area contributed by atoms with E-state index in [0.29, 0.717) is 18.7 Å². The predicted molar refractivity (Wildman–Crippen MR) is 105 cm³/mol. The van der Waals surface area contributed by atoms with Gasteiger partial charge in [-0.15, -0.1) is 0 Å². The van der Waals surface area contributed by atoms with Gasteiger partial charge in [-0.05, 0) is 31.0 Å². The minimum atomic E-state index is -0.570. The molecule has 0 bridgehead atoms.